The average molecular weight is 371 g/mol. The van der Waals surface area contributed by atoms with E-state index in [1.807, 2.05) is 13.0 Å². The number of hydrogen-bond donors (Lipinski definition) is 2. The molecule has 8 heteroatoms. The number of amides is 1. The first-order valence-corrected chi connectivity index (χ1v) is 9.44. The molecule has 3 rings (SSSR count). The second-order valence-corrected chi connectivity index (χ2v) is 6.98. The Morgan fingerprint density at radius 3 is 2.88 bits per heavy atom. The maximum Gasteiger partial charge on any atom is 0.250 e. The molecule has 1 saturated heterocycles. The maximum atomic E-state index is 12.0. The van der Waals surface area contributed by atoms with Gasteiger partial charge >= 0.3 is 0 Å². The lowest BCUT2D eigenvalue weighted by molar-refractivity contribution is -0.118. The molecule has 7 nitrogen and oxygen atoms in total. The SMILES string of the molecule is Cc1cc(SCC(=O)N/N=C/c2ccccc2O)nc(N2CCCC2)n1. The van der Waals surface area contributed by atoms with Crippen molar-refractivity contribution < 1.29 is 9.90 Å². The Morgan fingerprint density at radius 1 is 1.35 bits per heavy atom. The summed E-state index contributed by atoms with van der Waals surface area (Å²) in [5.74, 6) is 0.822. The smallest absolute Gasteiger partial charge is 0.250 e. The van der Waals surface area contributed by atoms with Gasteiger partial charge in [0.25, 0.3) is 0 Å². The number of anilines is 1. The van der Waals surface area contributed by atoms with Crippen molar-refractivity contribution in [1.82, 2.24) is 15.4 Å². The molecule has 1 fully saturated rings. The van der Waals surface area contributed by atoms with Gasteiger partial charge in [0.2, 0.25) is 11.9 Å². The first-order chi connectivity index (χ1) is 12.6. The van der Waals surface area contributed by atoms with Crippen molar-refractivity contribution in [2.75, 3.05) is 23.7 Å². The summed E-state index contributed by atoms with van der Waals surface area (Å²) in [6.45, 7) is 3.90. The zero-order valence-corrected chi connectivity index (χ0v) is 15.4. The fourth-order valence-corrected chi connectivity index (χ4v) is 3.34. The van der Waals surface area contributed by atoms with Crippen molar-refractivity contribution in [3.63, 3.8) is 0 Å². The summed E-state index contributed by atoms with van der Waals surface area (Å²) in [7, 11) is 0. The van der Waals surface area contributed by atoms with Gasteiger partial charge in [0.05, 0.1) is 12.0 Å². The normalized spacial score (nSPS) is 14.1. The van der Waals surface area contributed by atoms with E-state index in [0.29, 0.717) is 5.56 Å². The zero-order valence-electron chi connectivity index (χ0n) is 14.6. The van der Waals surface area contributed by atoms with Crippen LogP contribution in [0.15, 0.2) is 40.5 Å². The molecule has 26 heavy (non-hydrogen) atoms. The van der Waals surface area contributed by atoms with Crippen LogP contribution in [-0.4, -0.2) is 46.0 Å². The van der Waals surface area contributed by atoms with Crippen LogP contribution < -0.4 is 10.3 Å². The third-order valence-corrected chi connectivity index (χ3v) is 4.80. The van der Waals surface area contributed by atoms with Crippen LogP contribution in [0.5, 0.6) is 5.75 Å². The number of thioether (sulfide) groups is 1. The Labute approximate surface area is 156 Å². The first-order valence-electron chi connectivity index (χ1n) is 8.45. The molecule has 1 aliphatic heterocycles. The molecule has 0 atom stereocenters. The number of para-hydroxylation sites is 1. The second-order valence-electron chi connectivity index (χ2n) is 5.98. The molecule has 1 aromatic carbocycles. The number of benzene rings is 1. The van der Waals surface area contributed by atoms with E-state index in [0.717, 1.165) is 42.6 Å². The Morgan fingerprint density at radius 2 is 2.12 bits per heavy atom. The van der Waals surface area contributed by atoms with Crippen LogP contribution in [-0.2, 0) is 4.79 Å². The Balaban J connectivity index is 1.53. The maximum absolute atomic E-state index is 12.0. The second kappa shape index (κ2) is 8.66. The molecule has 0 unspecified atom stereocenters. The number of hydrogen-bond acceptors (Lipinski definition) is 7. The van der Waals surface area contributed by atoms with Gasteiger partial charge in [-0.1, -0.05) is 23.9 Å². The van der Waals surface area contributed by atoms with Crippen LogP contribution in [0.1, 0.15) is 24.1 Å². The van der Waals surface area contributed by atoms with Crippen molar-refractivity contribution >= 4 is 29.8 Å². The molecular formula is C18H21N5O2S. The number of nitrogens with one attached hydrogen (secondary N) is 1. The summed E-state index contributed by atoms with van der Waals surface area (Å²) in [5, 5.41) is 14.3. The molecule has 0 bridgehead atoms. The molecule has 1 amide bonds. The Bertz CT molecular complexity index is 806. The number of phenolic OH excluding ortho intramolecular Hbond substituents is 1. The molecule has 2 heterocycles. The summed E-state index contributed by atoms with van der Waals surface area (Å²) in [6, 6.07) is 8.66. The molecule has 0 spiro atoms. The van der Waals surface area contributed by atoms with E-state index in [2.05, 4.69) is 25.4 Å². The lowest BCUT2D eigenvalue weighted by Crippen LogP contribution is -2.21. The third-order valence-electron chi connectivity index (χ3n) is 3.89. The first kappa shape index (κ1) is 18.2. The van der Waals surface area contributed by atoms with Crippen LogP contribution in [0.2, 0.25) is 0 Å². The zero-order chi connectivity index (χ0) is 18.4. The Kier molecular flexibility index (Phi) is 6.06. The van der Waals surface area contributed by atoms with Gasteiger partial charge in [-0.25, -0.2) is 15.4 Å². The van der Waals surface area contributed by atoms with Crippen LogP contribution in [0.3, 0.4) is 0 Å². The number of aromatic hydroxyl groups is 1. The van der Waals surface area contributed by atoms with E-state index >= 15 is 0 Å². The minimum atomic E-state index is -0.236. The fourth-order valence-electron chi connectivity index (χ4n) is 2.60. The van der Waals surface area contributed by atoms with Crippen molar-refractivity contribution in [2.45, 2.75) is 24.8 Å². The molecular weight excluding hydrogens is 350 g/mol. The summed E-state index contributed by atoms with van der Waals surface area (Å²) in [6.07, 6.45) is 3.74. The van der Waals surface area contributed by atoms with E-state index in [4.69, 9.17) is 0 Å². The molecule has 2 N–H and O–H groups in total. The highest BCUT2D eigenvalue weighted by Gasteiger charge is 2.16. The predicted molar refractivity (Wildman–Crippen MR) is 103 cm³/mol. The fraction of sp³-hybridized carbons (Fsp3) is 0.333. The van der Waals surface area contributed by atoms with Gasteiger partial charge in [0, 0.05) is 24.3 Å². The van der Waals surface area contributed by atoms with E-state index < -0.39 is 0 Å². The molecule has 0 aliphatic carbocycles. The molecule has 136 valence electrons. The highest BCUT2D eigenvalue weighted by Crippen LogP contribution is 2.22. The van der Waals surface area contributed by atoms with Gasteiger partial charge in [-0.15, -0.1) is 0 Å². The largest absolute Gasteiger partial charge is 0.507 e. The topological polar surface area (TPSA) is 90.7 Å². The van der Waals surface area contributed by atoms with E-state index in [-0.39, 0.29) is 17.4 Å². The minimum Gasteiger partial charge on any atom is -0.507 e. The number of carbonyl (C=O) groups excluding carboxylic acids is 1. The lowest BCUT2D eigenvalue weighted by atomic mass is 10.2. The third kappa shape index (κ3) is 4.95. The van der Waals surface area contributed by atoms with Crippen molar-refractivity contribution in [1.29, 1.82) is 0 Å². The van der Waals surface area contributed by atoms with Crippen LogP contribution in [0.4, 0.5) is 5.95 Å². The standard InChI is InChI=1S/C18H21N5O2S/c1-13-10-17(21-18(20-13)23-8-4-5-9-23)26-12-16(25)22-19-11-14-6-2-3-7-15(14)24/h2-3,6-7,10-11,24H,4-5,8-9,12H2,1H3,(H,22,25)/b19-11+. The number of aryl methyl sites for hydroxylation is 1. The number of aromatic nitrogens is 2. The predicted octanol–water partition coefficient (Wildman–Crippen LogP) is 2.33. The molecule has 1 aromatic heterocycles. The van der Waals surface area contributed by atoms with Crippen molar-refractivity contribution in [2.24, 2.45) is 5.10 Å². The molecule has 0 saturated carbocycles. The van der Waals surface area contributed by atoms with Crippen LogP contribution in [0, 0.1) is 6.92 Å². The summed E-state index contributed by atoms with van der Waals surface area (Å²) < 4.78 is 0. The highest BCUT2D eigenvalue weighted by atomic mass is 32.2. The monoisotopic (exact) mass is 371 g/mol. The minimum absolute atomic E-state index is 0.116. The quantitative estimate of drug-likeness (QED) is 0.351. The number of rotatable bonds is 6. The molecule has 2 aromatic rings. The lowest BCUT2D eigenvalue weighted by Gasteiger charge is -2.16. The van der Waals surface area contributed by atoms with Crippen molar-refractivity contribution in [3.05, 3.63) is 41.6 Å². The van der Waals surface area contributed by atoms with E-state index in [9.17, 15) is 9.90 Å². The Hall–Kier alpha value is -2.61. The molecule has 0 radical (unpaired) electrons. The van der Waals surface area contributed by atoms with Gasteiger partial charge in [-0.3, -0.25) is 4.79 Å². The van der Waals surface area contributed by atoms with E-state index in [1.165, 1.54) is 18.0 Å². The summed E-state index contributed by atoms with van der Waals surface area (Å²) in [4.78, 5) is 23.2. The van der Waals surface area contributed by atoms with Crippen LogP contribution in [0.25, 0.3) is 0 Å². The molecule has 1 aliphatic rings. The van der Waals surface area contributed by atoms with Gasteiger partial charge in [-0.05, 0) is 38.0 Å². The summed E-state index contributed by atoms with van der Waals surface area (Å²) in [5.41, 5.74) is 3.89. The van der Waals surface area contributed by atoms with Gasteiger partial charge in [0.1, 0.15) is 10.8 Å². The average Bonchev–Trinajstić information content (AvgIpc) is 3.16. The highest BCUT2D eigenvalue weighted by molar-refractivity contribution is 7.99. The number of nitrogens with zero attached hydrogens (tertiary/aromatic N) is 4. The van der Waals surface area contributed by atoms with Crippen molar-refractivity contribution in [3.8, 4) is 5.75 Å². The number of carbonyl (C=O) groups is 1. The number of hydrazone groups is 1. The van der Waals surface area contributed by atoms with E-state index in [1.54, 1.807) is 24.3 Å². The number of phenols is 1. The summed E-state index contributed by atoms with van der Waals surface area (Å²) >= 11 is 1.35. The van der Waals surface area contributed by atoms with Crippen LogP contribution >= 0.6 is 11.8 Å². The van der Waals surface area contributed by atoms with Gasteiger partial charge in [0.15, 0.2) is 0 Å². The van der Waals surface area contributed by atoms with Gasteiger partial charge in [-0.2, -0.15) is 5.10 Å². The van der Waals surface area contributed by atoms with Gasteiger partial charge < -0.3 is 10.0 Å².